The van der Waals surface area contributed by atoms with Crippen molar-refractivity contribution in [2.75, 3.05) is 20.8 Å². The fraction of sp³-hybridized carbons (Fsp3) is 0.273. The molecule has 0 aliphatic heterocycles. The zero-order valence-electron chi connectivity index (χ0n) is 16.1. The predicted molar refractivity (Wildman–Crippen MR) is 105 cm³/mol. The number of hydrogen-bond donors (Lipinski definition) is 0. The molecule has 0 unspecified atom stereocenters. The van der Waals surface area contributed by atoms with Crippen LogP contribution in [0.4, 0.5) is 0 Å². The maximum absolute atomic E-state index is 6.07. The summed E-state index contributed by atoms with van der Waals surface area (Å²) in [6, 6.07) is 13.6. The Hall–Kier alpha value is -2.92. The van der Waals surface area contributed by atoms with Gasteiger partial charge in [0, 0.05) is 42.2 Å². The van der Waals surface area contributed by atoms with E-state index in [0.717, 1.165) is 22.6 Å². The van der Waals surface area contributed by atoms with Crippen molar-refractivity contribution in [1.82, 2.24) is 9.97 Å². The third-order valence-corrected chi connectivity index (χ3v) is 4.42. The number of rotatable bonds is 7. The third-order valence-electron chi connectivity index (χ3n) is 4.42. The first-order valence-electron chi connectivity index (χ1n) is 8.76. The second-order valence-electron chi connectivity index (χ2n) is 6.88. The number of aromatic nitrogens is 2. The smallest absolute Gasteiger partial charge is 0.227 e. The summed E-state index contributed by atoms with van der Waals surface area (Å²) in [5.74, 6) is 1.95. The van der Waals surface area contributed by atoms with Crippen LogP contribution in [0.2, 0.25) is 0 Å². The van der Waals surface area contributed by atoms with Gasteiger partial charge in [0.2, 0.25) is 5.88 Å². The lowest BCUT2D eigenvalue weighted by Crippen LogP contribution is -2.23. The maximum Gasteiger partial charge on any atom is 0.227 e. The Morgan fingerprint density at radius 3 is 2.41 bits per heavy atom. The summed E-state index contributed by atoms with van der Waals surface area (Å²) in [6.07, 6.45) is 5.15. The van der Waals surface area contributed by atoms with Crippen LogP contribution >= 0.6 is 0 Å². The van der Waals surface area contributed by atoms with Crippen LogP contribution in [0.25, 0.3) is 11.1 Å². The number of benzene rings is 1. The van der Waals surface area contributed by atoms with Gasteiger partial charge in [0.05, 0.1) is 13.7 Å². The Kier molecular flexibility index (Phi) is 5.72. The van der Waals surface area contributed by atoms with Crippen LogP contribution in [0.5, 0.6) is 17.4 Å². The normalized spacial score (nSPS) is 11.3. The van der Waals surface area contributed by atoms with Gasteiger partial charge in [0.25, 0.3) is 0 Å². The van der Waals surface area contributed by atoms with Crippen LogP contribution in [0.3, 0.4) is 0 Å². The van der Waals surface area contributed by atoms with Crippen molar-refractivity contribution in [3.63, 3.8) is 0 Å². The van der Waals surface area contributed by atoms with E-state index in [2.05, 4.69) is 35.9 Å². The molecule has 0 aliphatic rings. The molecule has 3 aromatic rings. The van der Waals surface area contributed by atoms with Gasteiger partial charge in [-0.1, -0.05) is 26.0 Å². The quantitative estimate of drug-likeness (QED) is 0.599. The highest BCUT2D eigenvalue weighted by molar-refractivity contribution is 5.73. The predicted octanol–water partition coefficient (Wildman–Crippen LogP) is 4.87. The van der Waals surface area contributed by atoms with Crippen molar-refractivity contribution >= 4 is 0 Å². The standard InChI is InChI=1S/C22H24N2O3/c1-22(2,15-25-3)16-7-9-17(10-8-16)27-21-18(6-5-12-24-21)19-14-23-13-11-20(19)26-4/h5-14H,15H2,1-4H3. The molecule has 0 aliphatic carbocycles. The largest absolute Gasteiger partial charge is 0.496 e. The van der Waals surface area contributed by atoms with Gasteiger partial charge in [-0.05, 0) is 35.9 Å². The lowest BCUT2D eigenvalue weighted by molar-refractivity contribution is 0.146. The monoisotopic (exact) mass is 364 g/mol. The van der Waals surface area contributed by atoms with Gasteiger partial charge in [-0.2, -0.15) is 0 Å². The Labute approximate surface area is 160 Å². The van der Waals surface area contributed by atoms with Crippen molar-refractivity contribution in [1.29, 1.82) is 0 Å². The van der Waals surface area contributed by atoms with Crippen LogP contribution in [-0.4, -0.2) is 30.8 Å². The van der Waals surface area contributed by atoms with E-state index < -0.39 is 0 Å². The zero-order chi connectivity index (χ0) is 19.3. The van der Waals surface area contributed by atoms with Crippen molar-refractivity contribution in [3.8, 4) is 28.5 Å². The highest BCUT2D eigenvalue weighted by atomic mass is 16.5. The number of hydrogen-bond acceptors (Lipinski definition) is 5. The van der Waals surface area contributed by atoms with E-state index in [-0.39, 0.29) is 5.41 Å². The van der Waals surface area contributed by atoms with Gasteiger partial charge in [-0.3, -0.25) is 4.98 Å². The zero-order valence-corrected chi connectivity index (χ0v) is 16.1. The van der Waals surface area contributed by atoms with Crippen LogP contribution in [-0.2, 0) is 10.2 Å². The first-order chi connectivity index (χ1) is 13.0. The molecule has 0 saturated carbocycles. The van der Waals surface area contributed by atoms with Crippen LogP contribution in [0, 0.1) is 0 Å². The molecule has 0 amide bonds. The minimum atomic E-state index is -0.0630. The summed E-state index contributed by atoms with van der Waals surface area (Å²) < 4.78 is 16.8. The molecule has 1 aromatic carbocycles. The molecule has 0 spiro atoms. The molecule has 140 valence electrons. The van der Waals surface area contributed by atoms with E-state index in [4.69, 9.17) is 14.2 Å². The Bertz CT molecular complexity index is 892. The SMILES string of the molecule is COCC(C)(C)c1ccc(Oc2ncccc2-c2cnccc2OC)cc1. The van der Waals surface area contributed by atoms with Crippen LogP contribution in [0.1, 0.15) is 19.4 Å². The Morgan fingerprint density at radius 2 is 1.70 bits per heavy atom. The van der Waals surface area contributed by atoms with Crippen LogP contribution < -0.4 is 9.47 Å². The van der Waals surface area contributed by atoms with Gasteiger partial charge in [0.1, 0.15) is 11.5 Å². The maximum atomic E-state index is 6.07. The fourth-order valence-corrected chi connectivity index (χ4v) is 2.97. The van der Waals surface area contributed by atoms with Crippen LogP contribution in [0.15, 0.2) is 61.1 Å². The van der Waals surface area contributed by atoms with Gasteiger partial charge >= 0.3 is 0 Å². The van der Waals surface area contributed by atoms with E-state index in [1.807, 2.05) is 30.3 Å². The topological polar surface area (TPSA) is 53.5 Å². The summed E-state index contributed by atoms with van der Waals surface area (Å²) in [5, 5.41) is 0. The number of nitrogens with zero attached hydrogens (tertiary/aromatic N) is 2. The van der Waals surface area contributed by atoms with E-state index in [1.165, 1.54) is 5.56 Å². The summed E-state index contributed by atoms with van der Waals surface area (Å²) in [5.41, 5.74) is 2.78. The third kappa shape index (κ3) is 4.26. The minimum absolute atomic E-state index is 0.0630. The summed E-state index contributed by atoms with van der Waals surface area (Å²) >= 11 is 0. The molecule has 0 atom stereocenters. The molecule has 5 nitrogen and oxygen atoms in total. The average molecular weight is 364 g/mol. The molecule has 0 radical (unpaired) electrons. The molecule has 5 heteroatoms. The van der Waals surface area contributed by atoms with E-state index in [0.29, 0.717) is 12.5 Å². The summed E-state index contributed by atoms with van der Waals surface area (Å²) in [6.45, 7) is 4.95. The molecule has 3 rings (SSSR count). The minimum Gasteiger partial charge on any atom is -0.496 e. The average Bonchev–Trinajstić information content (AvgIpc) is 2.69. The molecule has 0 N–H and O–H groups in total. The number of pyridine rings is 2. The summed E-state index contributed by atoms with van der Waals surface area (Å²) in [7, 11) is 3.35. The molecular weight excluding hydrogens is 340 g/mol. The highest BCUT2D eigenvalue weighted by Gasteiger charge is 2.20. The lowest BCUT2D eigenvalue weighted by atomic mass is 9.85. The van der Waals surface area contributed by atoms with Gasteiger partial charge < -0.3 is 14.2 Å². The highest BCUT2D eigenvalue weighted by Crippen LogP contribution is 2.36. The molecule has 0 saturated heterocycles. The Morgan fingerprint density at radius 1 is 0.926 bits per heavy atom. The molecule has 2 heterocycles. The Balaban J connectivity index is 1.89. The van der Waals surface area contributed by atoms with Crippen molar-refractivity contribution < 1.29 is 14.2 Å². The number of ether oxygens (including phenoxy) is 3. The van der Waals surface area contributed by atoms with E-state index >= 15 is 0 Å². The van der Waals surface area contributed by atoms with Gasteiger partial charge in [-0.25, -0.2) is 4.98 Å². The molecule has 27 heavy (non-hydrogen) atoms. The van der Waals surface area contributed by atoms with E-state index in [1.54, 1.807) is 32.8 Å². The van der Waals surface area contributed by atoms with Gasteiger partial charge in [-0.15, -0.1) is 0 Å². The van der Waals surface area contributed by atoms with Crippen molar-refractivity contribution in [2.45, 2.75) is 19.3 Å². The molecular formula is C22H24N2O3. The second kappa shape index (κ2) is 8.18. The lowest BCUT2D eigenvalue weighted by Gasteiger charge is -2.24. The van der Waals surface area contributed by atoms with Gasteiger partial charge in [0.15, 0.2) is 0 Å². The number of methoxy groups -OCH3 is 2. The molecule has 0 bridgehead atoms. The first kappa shape index (κ1) is 18.9. The first-order valence-corrected chi connectivity index (χ1v) is 8.76. The molecule has 2 aromatic heterocycles. The molecule has 0 fully saturated rings. The fourth-order valence-electron chi connectivity index (χ4n) is 2.97. The van der Waals surface area contributed by atoms with Crippen molar-refractivity contribution in [2.24, 2.45) is 0 Å². The van der Waals surface area contributed by atoms with E-state index in [9.17, 15) is 0 Å². The summed E-state index contributed by atoms with van der Waals surface area (Å²) in [4.78, 5) is 8.60. The van der Waals surface area contributed by atoms with Crippen molar-refractivity contribution in [3.05, 3.63) is 66.6 Å². The second-order valence-corrected chi connectivity index (χ2v) is 6.88.